The molecule has 0 aliphatic rings. The molecule has 130 valence electrons. The smallest absolute Gasteiger partial charge is 0.0390 e. The number of nitrogens with two attached hydrogens (primary N) is 2. The minimum Gasteiger partial charge on any atom is -0.330 e. The fraction of sp³-hybridized carbons (Fsp3) is 0.882. The Balaban J connectivity index is 3.10. The fourth-order valence-electron chi connectivity index (χ4n) is 2.09. The molecule has 0 fully saturated rings. The lowest BCUT2D eigenvalue weighted by Crippen LogP contribution is -2.16. The maximum atomic E-state index is 5.47. The van der Waals surface area contributed by atoms with E-state index in [-0.39, 0.29) is 0 Å². The molecule has 0 aliphatic carbocycles. The highest BCUT2D eigenvalue weighted by atomic mass is 14.8. The first-order valence-corrected chi connectivity index (χ1v) is 9.01. The van der Waals surface area contributed by atoms with Crippen LogP contribution in [0.2, 0.25) is 0 Å². The molecule has 0 aromatic heterocycles. The normalized spacial score (nSPS) is 11.9. The van der Waals surface area contributed by atoms with Crippen LogP contribution in [-0.2, 0) is 0 Å². The SMILES string of the molecule is NCCCCCCCNCCCCN=CC=NCCCCN. The zero-order chi connectivity index (χ0) is 16.1. The highest BCUT2D eigenvalue weighted by Gasteiger charge is 1.91. The predicted octanol–water partition coefficient (Wildman–Crippen LogP) is 2.15. The zero-order valence-electron chi connectivity index (χ0n) is 14.3. The third-order valence-electron chi connectivity index (χ3n) is 3.47. The summed E-state index contributed by atoms with van der Waals surface area (Å²) in [5.74, 6) is 0. The van der Waals surface area contributed by atoms with E-state index in [4.69, 9.17) is 11.5 Å². The zero-order valence-corrected chi connectivity index (χ0v) is 14.3. The molecule has 0 amide bonds. The molecule has 0 saturated heterocycles. The van der Waals surface area contributed by atoms with Crippen molar-refractivity contribution < 1.29 is 0 Å². The minimum absolute atomic E-state index is 0.756. The van der Waals surface area contributed by atoms with Crippen LogP contribution in [0.15, 0.2) is 9.98 Å². The lowest BCUT2D eigenvalue weighted by atomic mass is 10.1. The van der Waals surface area contributed by atoms with Crippen LogP contribution in [-0.4, -0.2) is 51.7 Å². The molecule has 0 unspecified atom stereocenters. The van der Waals surface area contributed by atoms with Gasteiger partial charge in [-0.2, -0.15) is 0 Å². The summed E-state index contributed by atoms with van der Waals surface area (Å²) in [7, 11) is 0. The Labute approximate surface area is 137 Å². The summed E-state index contributed by atoms with van der Waals surface area (Å²) >= 11 is 0. The molecule has 0 aromatic rings. The maximum Gasteiger partial charge on any atom is 0.0390 e. The quantitative estimate of drug-likeness (QED) is 0.284. The highest BCUT2D eigenvalue weighted by Crippen LogP contribution is 2.01. The molecule has 0 bridgehead atoms. The second-order valence-electron chi connectivity index (χ2n) is 5.62. The van der Waals surface area contributed by atoms with E-state index in [2.05, 4.69) is 15.3 Å². The average Bonchev–Trinajstić information content (AvgIpc) is 2.54. The monoisotopic (exact) mass is 311 g/mol. The topological polar surface area (TPSA) is 88.8 Å². The van der Waals surface area contributed by atoms with Crippen molar-refractivity contribution in [3.8, 4) is 0 Å². The predicted molar refractivity (Wildman–Crippen MR) is 99.2 cm³/mol. The molecule has 22 heavy (non-hydrogen) atoms. The Hall–Kier alpha value is -0.780. The number of nitrogens with zero attached hydrogens (tertiary/aromatic N) is 2. The van der Waals surface area contributed by atoms with Gasteiger partial charge in [-0.05, 0) is 64.7 Å². The van der Waals surface area contributed by atoms with Crippen molar-refractivity contribution in [1.29, 1.82) is 0 Å². The van der Waals surface area contributed by atoms with Crippen molar-refractivity contribution in [1.82, 2.24) is 5.32 Å². The van der Waals surface area contributed by atoms with Crippen molar-refractivity contribution >= 4 is 12.4 Å². The summed E-state index contributed by atoms with van der Waals surface area (Å²) in [6.45, 7) is 5.59. The van der Waals surface area contributed by atoms with E-state index in [0.717, 1.165) is 58.5 Å². The van der Waals surface area contributed by atoms with Gasteiger partial charge in [-0.1, -0.05) is 19.3 Å². The summed E-state index contributed by atoms with van der Waals surface area (Å²) in [6, 6.07) is 0. The lowest BCUT2D eigenvalue weighted by Gasteiger charge is -2.04. The molecule has 0 aliphatic heterocycles. The molecule has 5 heteroatoms. The molecule has 0 saturated carbocycles. The first-order chi connectivity index (χ1) is 10.9. The van der Waals surface area contributed by atoms with Gasteiger partial charge in [0, 0.05) is 25.5 Å². The Bertz CT molecular complexity index is 253. The van der Waals surface area contributed by atoms with Crippen molar-refractivity contribution in [3.05, 3.63) is 0 Å². The minimum atomic E-state index is 0.756. The van der Waals surface area contributed by atoms with Crippen LogP contribution in [0.4, 0.5) is 0 Å². The number of hydrogen-bond donors (Lipinski definition) is 3. The number of nitrogens with one attached hydrogen (secondary N) is 1. The third-order valence-corrected chi connectivity index (χ3v) is 3.47. The molecule has 5 N–H and O–H groups in total. The molecule has 0 spiro atoms. The van der Waals surface area contributed by atoms with E-state index in [0.29, 0.717) is 0 Å². The van der Waals surface area contributed by atoms with E-state index in [9.17, 15) is 0 Å². The van der Waals surface area contributed by atoms with Gasteiger partial charge in [0.25, 0.3) is 0 Å². The van der Waals surface area contributed by atoms with Crippen LogP contribution in [0.5, 0.6) is 0 Å². The van der Waals surface area contributed by atoms with E-state index < -0.39 is 0 Å². The molecular weight excluding hydrogens is 274 g/mol. The van der Waals surface area contributed by atoms with Gasteiger partial charge in [-0.25, -0.2) is 0 Å². The largest absolute Gasteiger partial charge is 0.330 e. The average molecular weight is 312 g/mol. The summed E-state index contributed by atoms with van der Waals surface area (Å²) in [5.41, 5.74) is 10.9. The van der Waals surface area contributed by atoms with Gasteiger partial charge in [0.15, 0.2) is 0 Å². The standard InChI is InChI=1S/C17H37N5/c18-10-4-2-1-3-6-12-20-14-8-9-15-22-17-16-21-13-7-5-11-19/h16-17,20H,1-15,18-19H2. The molecule has 0 radical (unpaired) electrons. The highest BCUT2D eigenvalue weighted by molar-refractivity contribution is 6.15. The fourth-order valence-corrected chi connectivity index (χ4v) is 2.09. The molecule has 5 nitrogen and oxygen atoms in total. The maximum absolute atomic E-state index is 5.47. The van der Waals surface area contributed by atoms with Gasteiger partial charge in [0.05, 0.1) is 0 Å². The number of rotatable bonds is 17. The van der Waals surface area contributed by atoms with Gasteiger partial charge in [-0.3, -0.25) is 9.98 Å². The Morgan fingerprint density at radius 1 is 0.591 bits per heavy atom. The molecular formula is C17H37N5. The molecule has 0 atom stereocenters. The Morgan fingerprint density at radius 2 is 1.05 bits per heavy atom. The molecule has 0 aromatic carbocycles. The van der Waals surface area contributed by atoms with Crippen molar-refractivity contribution in [2.24, 2.45) is 21.5 Å². The van der Waals surface area contributed by atoms with Crippen LogP contribution < -0.4 is 16.8 Å². The number of hydrogen-bond acceptors (Lipinski definition) is 5. The third kappa shape index (κ3) is 19.2. The van der Waals surface area contributed by atoms with Gasteiger partial charge in [0.2, 0.25) is 0 Å². The number of unbranched alkanes of at least 4 members (excludes halogenated alkanes) is 6. The summed E-state index contributed by atoms with van der Waals surface area (Å²) in [5, 5.41) is 3.49. The van der Waals surface area contributed by atoms with E-state index in [1.165, 1.54) is 38.5 Å². The lowest BCUT2D eigenvalue weighted by molar-refractivity contribution is 0.564. The van der Waals surface area contributed by atoms with Gasteiger partial charge in [0.1, 0.15) is 0 Å². The Kier molecular flexibility index (Phi) is 19.5. The Morgan fingerprint density at radius 3 is 1.68 bits per heavy atom. The van der Waals surface area contributed by atoms with E-state index >= 15 is 0 Å². The van der Waals surface area contributed by atoms with Crippen LogP contribution in [0.25, 0.3) is 0 Å². The van der Waals surface area contributed by atoms with Crippen molar-refractivity contribution in [3.63, 3.8) is 0 Å². The number of aliphatic imine (C=N–C) groups is 2. The first kappa shape index (κ1) is 21.2. The second-order valence-corrected chi connectivity index (χ2v) is 5.62. The van der Waals surface area contributed by atoms with Gasteiger partial charge in [-0.15, -0.1) is 0 Å². The van der Waals surface area contributed by atoms with Gasteiger partial charge >= 0.3 is 0 Å². The van der Waals surface area contributed by atoms with Crippen LogP contribution in [0.1, 0.15) is 57.8 Å². The van der Waals surface area contributed by atoms with Gasteiger partial charge < -0.3 is 16.8 Å². The van der Waals surface area contributed by atoms with Crippen LogP contribution in [0.3, 0.4) is 0 Å². The first-order valence-electron chi connectivity index (χ1n) is 9.01. The summed E-state index contributed by atoms with van der Waals surface area (Å²) in [4.78, 5) is 8.58. The van der Waals surface area contributed by atoms with E-state index in [1.54, 1.807) is 6.21 Å². The van der Waals surface area contributed by atoms with Crippen LogP contribution in [0, 0.1) is 0 Å². The van der Waals surface area contributed by atoms with Crippen LogP contribution >= 0.6 is 0 Å². The summed E-state index contributed by atoms with van der Waals surface area (Å²) in [6.07, 6.45) is 14.5. The second kappa shape index (κ2) is 20.2. The summed E-state index contributed by atoms with van der Waals surface area (Å²) < 4.78 is 0. The van der Waals surface area contributed by atoms with E-state index in [1.807, 2.05) is 6.21 Å². The van der Waals surface area contributed by atoms with Crippen molar-refractivity contribution in [2.45, 2.75) is 57.8 Å². The molecule has 0 rings (SSSR count). The molecule has 0 heterocycles. The van der Waals surface area contributed by atoms with Crippen molar-refractivity contribution in [2.75, 3.05) is 39.3 Å².